The molecular weight excluding hydrogens is 418 g/mol. The van der Waals surface area contributed by atoms with Crippen molar-refractivity contribution in [1.82, 2.24) is 9.78 Å². The van der Waals surface area contributed by atoms with Gasteiger partial charge in [-0.2, -0.15) is 5.10 Å². The normalized spacial score (nSPS) is 13.7. The van der Waals surface area contributed by atoms with Gasteiger partial charge in [-0.25, -0.2) is 4.68 Å². The Labute approximate surface area is 193 Å². The number of hydrogen-bond donors (Lipinski definition) is 1. The number of fused-ring (bicyclic) bond motifs is 1. The second kappa shape index (κ2) is 9.48. The molecule has 0 radical (unpaired) electrons. The third kappa shape index (κ3) is 4.49. The maximum Gasteiger partial charge on any atom is 0.271 e. The van der Waals surface area contributed by atoms with Gasteiger partial charge in [0.25, 0.3) is 5.56 Å². The van der Waals surface area contributed by atoms with Crippen molar-refractivity contribution in [3.8, 4) is 22.8 Å². The number of aryl methyl sites for hydroxylation is 1. The first kappa shape index (κ1) is 22.6. The van der Waals surface area contributed by atoms with E-state index in [9.17, 15) is 9.59 Å². The van der Waals surface area contributed by atoms with Gasteiger partial charge in [0.05, 0.1) is 19.9 Å². The summed E-state index contributed by atoms with van der Waals surface area (Å²) in [4.78, 5) is 26.4. The molecule has 33 heavy (non-hydrogen) atoms. The van der Waals surface area contributed by atoms with Crippen LogP contribution in [0.1, 0.15) is 42.5 Å². The van der Waals surface area contributed by atoms with Crippen LogP contribution in [0.5, 0.6) is 11.5 Å². The first-order valence-corrected chi connectivity index (χ1v) is 11.2. The Kier molecular flexibility index (Phi) is 6.49. The molecule has 1 N–H and O–H groups in total. The van der Waals surface area contributed by atoms with Crippen LogP contribution in [0.15, 0.2) is 47.3 Å². The number of aromatic nitrogens is 2. The van der Waals surface area contributed by atoms with Crippen molar-refractivity contribution in [3.05, 3.63) is 69.5 Å². The number of carbonyl (C=O) groups excluding carboxylic acids is 1. The van der Waals surface area contributed by atoms with Gasteiger partial charge in [0.15, 0.2) is 11.5 Å². The van der Waals surface area contributed by atoms with Gasteiger partial charge < -0.3 is 14.8 Å². The van der Waals surface area contributed by atoms with Crippen LogP contribution in [-0.2, 0) is 17.6 Å². The monoisotopic (exact) mass is 447 g/mol. The molecule has 0 bridgehead atoms. The van der Waals surface area contributed by atoms with Crippen molar-refractivity contribution in [2.24, 2.45) is 0 Å². The van der Waals surface area contributed by atoms with Crippen LogP contribution in [0, 0.1) is 6.92 Å². The number of amides is 1. The van der Waals surface area contributed by atoms with E-state index in [1.807, 2.05) is 31.2 Å². The largest absolute Gasteiger partial charge is 0.493 e. The summed E-state index contributed by atoms with van der Waals surface area (Å²) in [6, 6.07) is 12.5. The quantitative estimate of drug-likeness (QED) is 0.609. The molecule has 0 saturated carbocycles. The van der Waals surface area contributed by atoms with E-state index in [4.69, 9.17) is 14.6 Å². The van der Waals surface area contributed by atoms with Crippen LogP contribution in [0.2, 0.25) is 0 Å². The maximum absolute atomic E-state index is 13.3. The average Bonchev–Trinajstić information content (AvgIpc) is 2.84. The van der Waals surface area contributed by atoms with E-state index >= 15 is 0 Å². The number of rotatable bonds is 6. The van der Waals surface area contributed by atoms with Crippen molar-refractivity contribution in [2.75, 3.05) is 19.5 Å². The molecule has 7 nitrogen and oxygen atoms in total. The molecule has 7 heteroatoms. The fraction of sp³-hybridized carbons (Fsp3) is 0.346. The Bertz CT molecular complexity index is 1230. The lowest BCUT2D eigenvalue weighted by Crippen LogP contribution is -2.37. The van der Waals surface area contributed by atoms with Crippen LogP contribution in [0.3, 0.4) is 0 Å². The van der Waals surface area contributed by atoms with Crippen molar-refractivity contribution < 1.29 is 14.3 Å². The van der Waals surface area contributed by atoms with Gasteiger partial charge >= 0.3 is 0 Å². The number of nitrogens with zero attached hydrogens (tertiary/aromatic N) is 2. The van der Waals surface area contributed by atoms with E-state index in [0.717, 1.165) is 47.2 Å². The van der Waals surface area contributed by atoms with E-state index in [1.165, 1.54) is 11.8 Å². The van der Waals surface area contributed by atoms with Gasteiger partial charge in [0, 0.05) is 22.9 Å². The van der Waals surface area contributed by atoms with Gasteiger partial charge in [0.1, 0.15) is 6.04 Å². The van der Waals surface area contributed by atoms with E-state index < -0.39 is 6.04 Å². The van der Waals surface area contributed by atoms with Crippen LogP contribution in [-0.4, -0.2) is 29.9 Å². The zero-order chi connectivity index (χ0) is 23.5. The molecule has 3 aromatic rings. The lowest BCUT2D eigenvalue weighted by molar-refractivity contribution is -0.119. The maximum atomic E-state index is 13.3. The van der Waals surface area contributed by atoms with Crippen LogP contribution in [0.4, 0.5) is 5.69 Å². The SMILES string of the molecule is COc1ccc(NC(=O)[C@H](C)n2nc(-c3ccc(C)cc3)c3c(c2=O)CCCC3)cc1OC. The highest BCUT2D eigenvalue weighted by Gasteiger charge is 2.26. The minimum atomic E-state index is -0.790. The Morgan fingerprint density at radius 1 is 1.00 bits per heavy atom. The summed E-state index contributed by atoms with van der Waals surface area (Å²) in [5.74, 6) is 0.745. The number of hydrogen-bond acceptors (Lipinski definition) is 5. The predicted octanol–water partition coefficient (Wildman–Crippen LogP) is 4.31. The van der Waals surface area contributed by atoms with Gasteiger partial charge in [0.2, 0.25) is 5.91 Å². The Morgan fingerprint density at radius 3 is 2.33 bits per heavy atom. The molecule has 1 atom stereocenters. The van der Waals surface area contributed by atoms with Gasteiger partial charge in [-0.3, -0.25) is 9.59 Å². The molecule has 172 valence electrons. The summed E-state index contributed by atoms with van der Waals surface area (Å²) >= 11 is 0. The van der Waals surface area contributed by atoms with Crippen molar-refractivity contribution in [2.45, 2.75) is 45.6 Å². The lowest BCUT2D eigenvalue weighted by atomic mass is 9.89. The fourth-order valence-electron chi connectivity index (χ4n) is 4.23. The van der Waals surface area contributed by atoms with Crippen LogP contribution >= 0.6 is 0 Å². The number of carbonyl (C=O) groups is 1. The van der Waals surface area contributed by atoms with Crippen molar-refractivity contribution >= 4 is 11.6 Å². The predicted molar refractivity (Wildman–Crippen MR) is 128 cm³/mol. The van der Waals surface area contributed by atoms with Crippen molar-refractivity contribution in [1.29, 1.82) is 0 Å². The third-order valence-electron chi connectivity index (χ3n) is 6.15. The summed E-state index contributed by atoms with van der Waals surface area (Å²) in [7, 11) is 3.09. The highest BCUT2D eigenvalue weighted by Crippen LogP contribution is 2.31. The Balaban J connectivity index is 1.70. The van der Waals surface area contributed by atoms with E-state index in [1.54, 1.807) is 32.2 Å². The van der Waals surface area contributed by atoms with Crippen molar-refractivity contribution in [3.63, 3.8) is 0 Å². The lowest BCUT2D eigenvalue weighted by Gasteiger charge is -2.23. The molecular formula is C26H29N3O4. The number of benzene rings is 2. The van der Waals surface area contributed by atoms with E-state index in [-0.39, 0.29) is 11.5 Å². The van der Waals surface area contributed by atoms with E-state index in [2.05, 4.69) is 5.32 Å². The number of methoxy groups -OCH3 is 2. The molecule has 1 aliphatic carbocycles. The highest BCUT2D eigenvalue weighted by atomic mass is 16.5. The molecule has 0 saturated heterocycles. The first-order valence-electron chi connectivity index (χ1n) is 11.2. The smallest absolute Gasteiger partial charge is 0.271 e. The molecule has 1 heterocycles. The van der Waals surface area contributed by atoms with Gasteiger partial charge in [-0.1, -0.05) is 29.8 Å². The summed E-state index contributed by atoms with van der Waals surface area (Å²) < 4.78 is 11.9. The Hall–Kier alpha value is -3.61. The van der Waals surface area contributed by atoms with Crippen LogP contribution in [0.25, 0.3) is 11.3 Å². The zero-order valence-electron chi connectivity index (χ0n) is 19.5. The second-order valence-electron chi connectivity index (χ2n) is 8.36. The molecule has 1 aliphatic rings. The molecule has 0 aliphatic heterocycles. The average molecular weight is 448 g/mol. The molecule has 2 aromatic carbocycles. The minimum absolute atomic E-state index is 0.185. The highest BCUT2D eigenvalue weighted by molar-refractivity contribution is 5.93. The zero-order valence-corrected chi connectivity index (χ0v) is 19.5. The third-order valence-corrected chi connectivity index (χ3v) is 6.15. The summed E-state index contributed by atoms with van der Waals surface area (Å²) in [5, 5.41) is 7.57. The molecule has 4 rings (SSSR count). The standard InChI is InChI=1S/C26H29N3O4/c1-16-9-11-18(12-10-16)24-20-7-5-6-8-21(20)26(31)29(28-24)17(2)25(30)27-19-13-14-22(32-3)23(15-19)33-4/h9-15,17H,5-8H2,1-4H3,(H,27,30)/t17-/m0/s1. The summed E-state index contributed by atoms with van der Waals surface area (Å²) in [6.45, 7) is 3.73. The first-order chi connectivity index (χ1) is 15.9. The second-order valence-corrected chi connectivity index (χ2v) is 8.36. The Morgan fingerprint density at radius 2 is 1.67 bits per heavy atom. The molecule has 0 spiro atoms. The number of anilines is 1. The summed E-state index contributed by atoms with van der Waals surface area (Å²) in [5.41, 5.74) is 5.06. The summed E-state index contributed by atoms with van der Waals surface area (Å²) in [6.07, 6.45) is 3.53. The minimum Gasteiger partial charge on any atom is -0.493 e. The number of nitrogens with one attached hydrogen (secondary N) is 1. The topological polar surface area (TPSA) is 82.5 Å². The molecule has 1 aromatic heterocycles. The van der Waals surface area contributed by atoms with Crippen LogP contribution < -0.4 is 20.3 Å². The van der Waals surface area contributed by atoms with E-state index in [0.29, 0.717) is 23.6 Å². The molecule has 0 fully saturated rings. The van der Waals surface area contributed by atoms with Gasteiger partial charge in [-0.15, -0.1) is 0 Å². The fourth-order valence-corrected chi connectivity index (χ4v) is 4.23. The molecule has 1 amide bonds. The molecule has 0 unspecified atom stereocenters. The number of ether oxygens (including phenoxy) is 2. The van der Waals surface area contributed by atoms with Gasteiger partial charge in [-0.05, 0) is 57.2 Å².